The maximum atomic E-state index is 12.1. The predicted molar refractivity (Wildman–Crippen MR) is 63.2 cm³/mol. The third kappa shape index (κ3) is 2.29. The average molecular weight is 221 g/mol. The van der Waals surface area contributed by atoms with Gasteiger partial charge in [0.05, 0.1) is 12.1 Å². The molecule has 0 unspecified atom stereocenters. The molecule has 0 aromatic rings. The smallest absolute Gasteiger partial charge is 0.411 e. The molecule has 0 aliphatic carbocycles. The van der Waals surface area contributed by atoms with Crippen molar-refractivity contribution < 1.29 is 9.53 Å². The quantitative estimate of drug-likeness (QED) is 0.589. The van der Waals surface area contributed by atoms with Crippen LogP contribution in [0.15, 0.2) is 24.3 Å². The number of carbonyl (C=O) groups excluding carboxylic acids is 1. The van der Waals surface area contributed by atoms with Crippen molar-refractivity contribution in [2.24, 2.45) is 0 Å². The van der Waals surface area contributed by atoms with Crippen molar-refractivity contribution in [3.8, 4) is 0 Å². The van der Waals surface area contributed by atoms with E-state index in [0.717, 1.165) is 12.8 Å². The van der Waals surface area contributed by atoms with E-state index in [0.29, 0.717) is 0 Å². The van der Waals surface area contributed by atoms with E-state index < -0.39 is 5.60 Å². The van der Waals surface area contributed by atoms with Crippen LogP contribution in [0.4, 0.5) is 4.79 Å². The summed E-state index contributed by atoms with van der Waals surface area (Å²) in [5.74, 6) is 0. The van der Waals surface area contributed by atoms with Crippen LogP contribution in [0.5, 0.6) is 0 Å². The Balaban J connectivity index is 2.12. The molecule has 88 valence electrons. The van der Waals surface area contributed by atoms with Crippen molar-refractivity contribution >= 4 is 6.09 Å². The van der Waals surface area contributed by atoms with Gasteiger partial charge in [0.1, 0.15) is 5.60 Å². The fraction of sp³-hybridized carbons (Fsp3) is 0.615. The lowest BCUT2D eigenvalue weighted by Gasteiger charge is -2.40. The van der Waals surface area contributed by atoms with E-state index in [-0.39, 0.29) is 18.2 Å². The first-order valence-corrected chi connectivity index (χ1v) is 5.82. The first-order valence-electron chi connectivity index (χ1n) is 5.82. The van der Waals surface area contributed by atoms with E-state index >= 15 is 0 Å². The lowest BCUT2D eigenvalue weighted by Crippen LogP contribution is -2.50. The van der Waals surface area contributed by atoms with E-state index in [1.807, 2.05) is 25.7 Å². The first kappa shape index (κ1) is 11.2. The van der Waals surface area contributed by atoms with Crippen molar-refractivity contribution in [2.75, 3.05) is 0 Å². The van der Waals surface area contributed by atoms with E-state index in [1.165, 1.54) is 0 Å². The van der Waals surface area contributed by atoms with Gasteiger partial charge in [-0.3, -0.25) is 4.90 Å². The number of carbonyl (C=O) groups is 1. The molecule has 0 fully saturated rings. The molecule has 0 radical (unpaired) electrons. The van der Waals surface area contributed by atoms with E-state index in [9.17, 15) is 4.79 Å². The van der Waals surface area contributed by atoms with E-state index in [1.54, 1.807) is 0 Å². The Morgan fingerprint density at radius 2 is 1.69 bits per heavy atom. The maximum absolute atomic E-state index is 12.1. The largest absolute Gasteiger partial charge is 0.444 e. The van der Waals surface area contributed by atoms with Crippen LogP contribution >= 0.6 is 0 Å². The number of ether oxygens (including phenoxy) is 1. The molecule has 0 saturated carbocycles. The van der Waals surface area contributed by atoms with E-state index in [4.69, 9.17) is 4.74 Å². The SMILES string of the molecule is CC(C)(C)OC(=O)N1[C@@H]2C=CC[C@@H]1C=CC2. The molecule has 0 N–H and O–H groups in total. The highest BCUT2D eigenvalue weighted by Crippen LogP contribution is 2.27. The molecule has 16 heavy (non-hydrogen) atoms. The number of fused-ring (bicyclic) bond motifs is 2. The van der Waals surface area contributed by atoms with Crippen LogP contribution in [0.25, 0.3) is 0 Å². The van der Waals surface area contributed by atoms with Gasteiger partial charge in [0, 0.05) is 0 Å². The number of rotatable bonds is 0. The second kappa shape index (κ2) is 3.96. The predicted octanol–water partition coefficient (Wildman–Crippen LogP) is 2.88. The summed E-state index contributed by atoms with van der Waals surface area (Å²) in [6.45, 7) is 5.70. The Morgan fingerprint density at radius 1 is 1.19 bits per heavy atom. The molecule has 2 aliphatic heterocycles. The van der Waals surface area contributed by atoms with Crippen LogP contribution < -0.4 is 0 Å². The summed E-state index contributed by atoms with van der Waals surface area (Å²) in [5, 5.41) is 0. The van der Waals surface area contributed by atoms with Crippen molar-refractivity contribution in [3.05, 3.63) is 24.3 Å². The second-order valence-electron chi connectivity index (χ2n) is 5.35. The number of hydrogen-bond acceptors (Lipinski definition) is 2. The summed E-state index contributed by atoms with van der Waals surface area (Å²) < 4.78 is 5.43. The van der Waals surface area contributed by atoms with Gasteiger partial charge in [0.2, 0.25) is 0 Å². The highest BCUT2D eigenvalue weighted by atomic mass is 16.6. The molecular formula is C13H19NO2. The van der Waals surface area contributed by atoms with Gasteiger partial charge in [-0.15, -0.1) is 0 Å². The van der Waals surface area contributed by atoms with Gasteiger partial charge < -0.3 is 4.74 Å². The zero-order chi connectivity index (χ0) is 11.8. The summed E-state index contributed by atoms with van der Waals surface area (Å²) in [5.41, 5.74) is -0.420. The van der Waals surface area contributed by atoms with Gasteiger partial charge in [-0.25, -0.2) is 4.79 Å². The molecule has 0 aromatic heterocycles. The van der Waals surface area contributed by atoms with Crippen molar-refractivity contribution in [1.29, 1.82) is 0 Å². The fourth-order valence-corrected chi connectivity index (χ4v) is 2.15. The van der Waals surface area contributed by atoms with Gasteiger partial charge in [0.25, 0.3) is 0 Å². The molecule has 0 spiro atoms. The monoisotopic (exact) mass is 221 g/mol. The topological polar surface area (TPSA) is 29.5 Å². The van der Waals surface area contributed by atoms with Crippen LogP contribution in [0.2, 0.25) is 0 Å². The second-order valence-corrected chi connectivity index (χ2v) is 5.35. The molecule has 2 rings (SSSR count). The molecule has 3 heteroatoms. The van der Waals surface area contributed by atoms with Gasteiger partial charge in [0.15, 0.2) is 0 Å². The normalized spacial score (nSPS) is 28.1. The molecule has 3 nitrogen and oxygen atoms in total. The van der Waals surface area contributed by atoms with Crippen molar-refractivity contribution in [1.82, 2.24) is 4.90 Å². The molecule has 2 aliphatic rings. The van der Waals surface area contributed by atoms with Crippen LogP contribution in [-0.2, 0) is 4.74 Å². The van der Waals surface area contributed by atoms with Crippen LogP contribution in [0.1, 0.15) is 33.6 Å². The zero-order valence-corrected chi connectivity index (χ0v) is 10.1. The Labute approximate surface area is 96.8 Å². The number of nitrogens with zero attached hydrogens (tertiary/aromatic N) is 1. The number of amides is 1. The lowest BCUT2D eigenvalue weighted by atomic mass is 9.95. The molecule has 2 bridgehead atoms. The molecule has 0 aromatic carbocycles. The molecule has 2 heterocycles. The standard InChI is InChI=1S/C13H19NO2/c1-13(2,3)16-12(15)14-10-6-4-7-11(14)9-5-8-10/h4-6,9-11H,7-8H2,1-3H3/t10-,11-. The Morgan fingerprint density at radius 3 is 2.12 bits per heavy atom. The number of hydrogen-bond donors (Lipinski definition) is 0. The molecule has 1 amide bonds. The minimum atomic E-state index is -0.420. The Hall–Kier alpha value is -1.25. The van der Waals surface area contributed by atoms with Crippen LogP contribution in [0, 0.1) is 0 Å². The van der Waals surface area contributed by atoms with Crippen molar-refractivity contribution in [3.63, 3.8) is 0 Å². The maximum Gasteiger partial charge on any atom is 0.411 e. The Kier molecular flexibility index (Phi) is 2.78. The molecular weight excluding hydrogens is 202 g/mol. The third-order valence-corrected chi connectivity index (χ3v) is 2.79. The van der Waals surface area contributed by atoms with Crippen molar-refractivity contribution in [2.45, 2.75) is 51.3 Å². The van der Waals surface area contributed by atoms with E-state index in [2.05, 4.69) is 24.3 Å². The third-order valence-electron chi connectivity index (χ3n) is 2.79. The molecule has 2 atom stereocenters. The highest BCUT2D eigenvalue weighted by Gasteiger charge is 2.34. The van der Waals surface area contributed by atoms with Crippen LogP contribution in [-0.4, -0.2) is 28.7 Å². The Bertz CT molecular complexity index is 318. The minimum absolute atomic E-state index is 0.179. The zero-order valence-electron chi connectivity index (χ0n) is 10.1. The fourth-order valence-electron chi connectivity index (χ4n) is 2.15. The summed E-state index contributed by atoms with van der Waals surface area (Å²) >= 11 is 0. The minimum Gasteiger partial charge on any atom is -0.444 e. The van der Waals surface area contributed by atoms with Gasteiger partial charge in [-0.05, 0) is 33.6 Å². The first-order chi connectivity index (χ1) is 7.47. The summed E-state index contributed by atoms with van der Waals surface area (Å²) in [7, 11) is 0. The van der Waals surface area contributed by atoms with Gasteiger partial charge in [-0.2, -0.15) is 0 Å². The summed E-state index contributed by atoms with van der Waals surface area (Å²) in [6.07, 6.45) is 10.1. The summed E-state index contributed by atoms with van der Waals surface area (Å²) in [6, 6.07) is 0.359. The summed E-state index contributed by atoms with van der Waals surface area (Å²) in [4.78, 5) is 13.9. The molecule has 0 saturated heterocycles. The lowest BCUT2D eigenvalue weighted by molar-refractivity contribution is 0.0117. The van der Waals surface area contributed by atoms with Crippen LogP contribution in [0.3, 0.4) is 0 Å². The van der Waals surface area contributed by atoms with Gasteiger partial charge >= 0.3 is 6.09 Å². The van der Waals surface area contributed by atoms with Gasteiger partial charge in [-0.1, -0.05) is 24.3 Å². The average Bonchev–Trinajstić information content (AvgIpc) is 2.13. The highest BCUT2D eigenvalue weighted by molar-refractivity contribution is 5.70.